The Balaban J connectivity index is 2.01. The Bertz CT molecular complexity index is 608. The van der Waals surface area contributed by atoms with E-state index in [0.29, 0.717) is 0 Å². The van der Waals surface area contributed by atoms with Crippen LogP contribution in [0, 0.1) is 0 Å². The fourth-order valence-corrected chi connectivity index (χ4v) is 2.99. The van der Waals surface area contributed by atoms with Crippen molar-refractivity contribution >= 4 is 11.4 Å². The number of para-hydroxylation sites is 1. The van der Waals surface area contributed by atoms with E-state index >= 15 is 0 Å². The summed E-state index contributed by atoms with van der Waals surface area (Å²) in [6.45, 7) is 0. The van der Waals surface area contributed by atoms with Crippen LogP contribution in [-0.4, -0.2) is 5.71 Å². The van der Waals surface area contributed by atoms with Crippen molar-refractivity contribution in [3.63, 3.8) is 0 Å². The fourth-order valence-electron chi connectivity index (χ4n) is 2.99. The summed E-state index contributed by atoms with van der Waals surface area (Å²) >= 11 is 0. The van der Waals surface area contributed by atoms with E-state index in [-0.39, 0.29) is 6.04 Å². The number of hydrogen-bond acceptors (Lipinski definition) is 2. The van der Waals surface area contributed by atoms with Gasteiger partial charge in [-0.05, 0) is 37.3 Å². The number of anilines is 1. The zero-order valence-corrected chi connectivity index (χ0v) is 12.3. The first-order valence-electron chi connectivity index (χ1n) is 7.79. The van der Waals surface area contributed by atoms with Crippen LogP contribution in [0.3, 0.4) is 0 Å². The van der Waals surface area contributed by atoms with E-state index in [1.54, 1.807) is 0 Å². The Labute approximate surface area is 126 Å². The average Bonchev–Trinajstić information content (AvgIpc) is 2.55. The number of nitrogen functional groups attached to an aromatic ring is 1. The van der Waals surface area contributed by atoms with Gasteiger partial charge in [0.25, 0.3) is 0 Å². The lowest BCUT2D eigenvalue weighted by Crippen LogP contribution is -2.10. The lowest BCUT2D eigenvalue weighted by Gasteiger charge is -2.20. The summed E-state index contributed by atoms with van der Waals surface area (Å²) in [5.74, 6) is 0. The smallest absolute Gasteiger partial charge is 0.102 e. The topological polar surface area (TPSA) is 38.4 Å². The molecule has 2 N–H and O–H groups in total. The van der Waals surface area contributed by atoms with Crippen LogP contribution >= 0.6 is 0 Å². The van der Waals surface area contributed by atoms with Crippen molar-refractivity contribution in [3.05, 3.63) is 65.7 Å². The summed E-state index contributed by atoms with van der Waals surface area (Å²) in [5, 5.41) is 0. The maximum Gasteiger partial charge on any atom is 0.102 e. The third-order valence-corrected chi connectivity index (χ3v) is 4.15. The van der Waals surface area contributed by atoms with Crippen LogP contribution < -0.4 is 5.73 Å². The van der Waals surface area contributed by atoms with Crippen LogP contribution in [0.25, 0.3) is 0 Å². The Hall–Kier alpha value is -2.09. The molecule has 2 aromatic carbocycles. The summed E-state index contributed by atoms with van der Waals surface area (Å²) in [7, 11) is 0. The highest BCUT2D eigenvalue weighted by Crippen LogP contribution is 2.31. The standard InChI is InChI=1S/C19H22N2/c20-18-14-8-7-13-17(18)19(15-9-3-1-4-10-15)21-16-11-5-2-6-12-16/h1,3-4,7-10,13-14,19H,2,5-6,11-12,20H2. The number of benzene rings is 2. The minimum Gasteiger partial charge on any atom is -0.398 e. The van der Waals surface area contributed by atoms with Gasteiger partial charge >= 0.3 is 0 Å². The highest BCUT2D eigenvalue weighted by atomic mass is 14.8. The fraction of sp³-hybridized carbons (Fsp3) is 0.316. The van der Waals surface area contributed by atoms with E-state index in [0.717, 1.165) is 24.1 Å². The van der Waals surface area contributed by atoms with Gasteiger partial charge in [-0.2, -0.15) is 0 Å². The molecule has 0 bridgehead atoms. The predicted octanol–water partition coefficient (Wildman–Crippen LogP) is 4.76. The van der Waals surface area contributed by atoms with Crippen molar-refractivity contribution in [1.82, 2.24) is 0 Å². The molecule has 0 spiro atoms. The summed E-state index contributed by atoms with van der Waals surface area (Å²) in [6, 6.07) is 18.6. The van der Waals surface area contributed by atoms with Crippen LogP contribution in [0.4, 0.5) is 5.69 Å². The molecule has 1 saturated carbocycles. The number of hydrogen-bond donors (Lipinski definition) is 1. The van der Waals surface area contributed by atoms with Gasteiger partial charge in [-0.1, -0.05) is 55.0 Å². The second-order valence-electron chi connectivity index (χ2n) is 5.70. The molecule has 0 saturated heterocycles. The third kappa shape index (κ3) is 3.33. The van der Waals surface area contributed by atoms with Gasteiger partial charge in [0.1, 0.15) is 6.04 Å². The highest BCUT2D eigenvalue weighted by Gasteiger charge is 2.17. The first-order chi connectivity index (χ1) is 10.3. The molecule has 1 unspecified atom stereocenters. The van der Waals surface area contributed by atoms with Gasteiger partial charge in [0.05, 0.1) is 0 Å². The van der Waals surface area contributed by atoms with Gasteiger partial charge in [-0.25, -0.2) is 0 Å². The number of aliphatic imine (C=N–C) groups is 1. The molecule has 0 heterocycles. The van der Waals surface area contributed by atoms with Gasteiger partial charge in [0, 0.05) is 17.0 Å². The van der Waals surface area contributed by atoms with Crippen molar-refractivity contribution < 1.29 is 0 Å². The van der Waals surface area contributed by atoms with Gasteiger partial charge in [0.2, 0.25) is 0 Å². The zero-order chi connectivity index (χ0) is 14.5. The second kappa shape index (κ2) is 6.57. The predicted molar refractivity (Wildman–Crippen MR) is 89.7 cm³/mol. The van der Waals surface area contributed by atoms with Crippen LogP contribution in [0.5, 0.6) is 0 Å². The van der Waals surface area contributed by atoms with Crippen LogP contribution in [-0.2, 0) is 0 Å². The molecule has 2 nitrogen and oxygen atoms in total. The molecule has 108 valence electrons. The summed E-state index contributed by atoms with van der Waals surface area (Å²) < 4.78 is 0. The Morgan fingerprint density at radius 3 is 2.19 bits per heavy atom. The van der Waals surface area contributed by atoms with E-state index in [1.807, 2.05) is 24.3 Å². The van der Waals surface area contributed by atoms with Gasteiger partial charge in [-0.3, -0.25) is 4.99 Å². The summed E-state index contributed by atoms with van der Waals surface area (Å²) in [5.41, 5.74) is 10.7. The maximum absolute atomic E-state index is 6.19. The Kier molecular flexibility index (Phi) is 4.34. The summed E-state index contributed by atoms with van der Waals surface area (Å²) in [6.07, 6.45) is 6.14. The largest absolute Gasteiger partial charge is 0.398 e. The molecule has 0 radical (unpaired) electrons. The van der Waals surface area contributed by atoms with E-state index in [1.165, 1.54) is 30.5 Å². The molecule has 1 aliphatic rings. The minimum atomic E-state index is 0.0282. The lowest BCUT2D eigenvalue weighted by molar-refractivity contribution is 0.658. The molecule has 21 heavy (non-hydrogen) atoms. The molecule has 0 amide bonds. The molecule has 3 rings (SSSR count). The molecule has 2 heteroatoms. The molecule has 0 aromatic heterocycles. The monoisotopic (exact) mass is 278 g/mol. The van der Waals surface area contributed by atoms with Gasteiger partial charge < -0.3 is 5.73 Å². The number of rotatable bonds is 3. The molecule has 0 aliphatic heterocycles. The van der Waals surface area contributed by atoms with Crippen LogP contribution in [0.15, 0.2) is 59.6 Å². The molecular weight excluding hydrogens is 256 g/mol. The van der Waals surface area contributed by atoms with Crippen molar-refractivity contribution in [1.29, 1.82) is 0 Å². The highest BCUT2D eigenvalue weighted by molar-refractivity contribution is 5.85. The van der Waals surface area contributed by atoms with E-state index in [2.05, 4.69) is 30.3 Å². The second-order valence-corrected chi connectivity index (χ2v) is 5.70. The molecular formula is C19H22N2. The number of nitrogens with two attached hydrogens (primary N) is 1. The van der Waals surface area contributed by atoms with Crippen molar-refractivity contribution in [3.8, 4) is 0 Å². The Morgan fingerprint density at radius 2 is 1.48 bits per heavy atom. The molecule has 2 aromatic rings. The van der Waals surface area contributed by atoms with Crippen molar-refractivity contribution in [2.75, 3.05) is 5.73 Å². The van der Waals surface area contributed by atoms with Crippen LogP contribution in [0.2, 0.25) is 0 Å². The van der Waals surface area contributed by atoms with E-state index in [4.69, 9.17) is 10.7 Å². The van der Waals surface area contributed by atoms with E-state index < -0.39 is 0 Å². The minimum absolute atomic E-state index is 0.0282. The van der Waals surface area contributed by atoms with Crippen LogP contribution in [0.1, 0.15) is 49.3 Å². The first kappa shape index (κ1) is 13.9. The quantitative estimate of drug-likeness (QED) is 0.807. The molecule has 1 fully saturated rings. The third-order valence-electron chi connectivity index (χ3n) is 4.15. The normalized spacial score (nSPS) is 16.5. The van der Waals surface area contributed by atoms with Crippen molar-refractivity contribution in [2.45, 2.75) is 38.1 Å². The molecule has 1 aliphatic carbocycles. The SMILES string of the molecule is Nc1ccccc1C(N=C1CCCCC1)c1ccccc1. The summed E-state index contributed by atoms with van der Waals surface area (Å²) in [4.78, 5) is 5.07. The average molecular weight is 278 g/mol. The van der Waals surface area contributed by atoms with Gasteiger partial charge in [0.15, 0.2) is 0 Å². The maximum atomic E-state index is 6.19. The molecule has 1 atom stereocenters. The number of nitrogens with zero attached hydrogens (tertiary/aromatic N) is 1. The first-order valence-corrected chi connectivity index (χ1v) is 7.79. The van der Waals surface area contributed by atoms with Gasteiger partial charge in [-0.15, -0.1) is 0 Å². The van der Waals surface area contributed by atoms with Crippen molar-refractivity contribution in [2.24, 2.45) is 4.99 Å². The zero-order valence-electron chi connectivity index (χ0n) is 12.3. The lowest BCUT2D eigenvalue weighted by atomic mass is 9.95. The Morgan fingerprint density at radius 1 is 0.810 bits per heavy atom. The van der Waals surface area contributed by atoms with E-state index in [9.17, 15) is 0 Å².